The monoisotopic (exact) mass is 294 g/mol. The molecule has 106 valence electrons. The van der Waals surface area contributed by atoms with Gasteiger partial charge < -0.3 is 10.6 Å². The standard InChI is InChI=1S/C12H14ClF3N2O/c1-2-17-10-4-3-8(13)7-9(10)11(19)18-6-5-12(14,15)16/h3-4,7,17H,2,5-6H2,1H3,(H,18,19). The number of hydrogen-bond donors (Lipinski definition) is 2. The molecule has 3 nitrogen and oxygen atoms in total. The molecule has 1 aromatic carbocycles. The summed E-state index contributed by atoms with van der Waals surface area (Å²) in [5.41, 5.74) is 0.771. The molecule has 0 atom stereocenters. The topological polar surface area (TPSA) is 41.1 Å². The van der Waals surface area contributed by atoms with Gasteiger partial charge in [-0.1, -0.05) is 11.6 Å². The van der Waals surface area contributed by atoms with Crippen LogP contribution in [0.15, 0.2) is 18.2 Å². The van der Waals surface area contributed by atoms with Crippen molar-refractivity contribution in [2.75, 3.05) is 18.4 Å². The van der Waals surface area contributed by atoms with E-state index in [0.29, 0.717) is 17.3 Å². The highest BCUT2D eigenvalue weighted by Gasteiger charge is 2.26. The van der Waals surface area contributed by atoms with Crippen molar-refractivity contribution in [3.63, 3.8) is 0 Å². The number of alkyl halides is 3. The van der Waals surface area contributed by atoms with Crippen molar-refractivity contribution in [2.24, 2.45) is 0 Å². The first-order valence-corrected chi connectivity index (χ1v) is 6.09. The van der Waals surface area contributed by atoms with Crippen LogP contribution in [0.3, 0.4) is 0 Å². The maximum Gasteiger partial charge on any atom is 0.390 e. The largest absolute Gasteiger partial charge is 0.390 e. The Morgan fingerprint density at radius 2 is 2.05 bits per heavy atom. The van der Waals surface area contributed by atoms with Crippen LogP contribution in [0.1, 0.15) is 23.7 Å². The molecular formula is C12H14ClF3N2O. The summed E-state index contributed by atoms with van der Waals surface area (Å²) in [4.78, 5) is 11.8. The lowest BCUT2D eigenvalue weighted by atomic mass is 10.1. The molecule has 0 aliphatic carbocycles. The molecule has 1 aromatic rings. The van der Waals surface area contributed by atoms with Gasteiger partial charge >= 0.3 is 6.18 Å². The van der Waals surface area contributed by atoms with Crippen LogP contribution in [0, 0.1) is 0 Å². The minimum Gasteiger partial charge on any atom is -0.385 e. The molecule has 0 aromatic heterocycles. The molecule has 0 unspecified atom stereocenters. The fraction of sp³-hybridized carbons (Fsp3) is 0.417. The lowest BCUT2D eigenvalue weighted by molar-refractivity contribution is -0.132. The molecule has 0 bridgehead atoms. The molecule has 1 amide bonds. The van der Waals surface area contributed by atoms with Gasteiger partial charge in [-0.2, -0.15) is 13.2 Å². The zero-order chi connectivity index (χ0) is 14.5. The van der Waals surface area contributed by atoms with Crippen molar-refractivity contribution in [1.82, 2.24) is 5.32 Å². The molecule has 0 aliphatic heterocycles. The van der Waals surface area contributed by atoms with Crippen molar-refractivity contribution >= 4 is 23.2 Å². The van der Waals surface area contributed by atoms with E-state index in [1.165, 1.54) is 6.07 Å². The Balaban J connectivity index is 2.72. The van der Waals surface area contributed by atoms with Gasteiger partial charge in [0.1, 0.15) is 0 Å². The Morgan fingerprint density at radius 1 is 1.37 bits per heavy atom. The van der Waals surface area contributed by atoms with Crippen LogP contribution in [-0.4, -0.2) is 25.2 Å². The van der Waals surface area contributed by atoms with Crippen LogP contribution < -0.4 is 10.6 Å². The van der Waals surface area contributed by atoms with E-state index in [4.69, 9.17) is 11.6 Å². The van der Waals surface area contributed by atoms with Gasteiger partial charge in [-0.15, -0.1) is 0 Å². The van der Waals surface area contributed by atoms with Gasteiger partial charge in [0.25, 0.3) is 5.91 Å². The number of amides is 1. The van der Waals surface area contributed by atoms with E-state index in [1.807, 2.05) is 6.92 Å². The molecule has 0 radical (unpaired) electrons. The van der Waals surface area contributed by atoms with Gasteiger partial charge in [-0.25, -0.2) is 0 Å². The van der Waals surface area contributed by atoms with Crippen LogP contribution in [0.25, 0.3) is 0 Å². The summed E-state index contributed by atoms with van der Waals surface area (Å²) in [6.07, 6.45) is -5.35. The van der Waals surface area contributed by atoms with Crippen molar-refractivity contribution in [1.29, 1.82) is 0 Å². The quantitative estimate of drug-likeness (QED) is 0.873. The van der Waals surface area contributed by atoms with Crippen molar-refractivity contribution < 1.29 is 18.0 Å². The average Bonchev–Trinajstić information content (AvgIpc) is 2.30. The normalized spacial score (nSPS) is 11.2. The Labute approximate surface area is 114 Å². The number of hydrogen-bond acceptors (Lipinski definition) is 2. The number of anilines is 1. The second-order valence-electron chi connectivity index (χ2n) is 3.84. The number of nitrogens with one attached hydrogen (secondary N) is 2. The third-order valence-corrected chi connectivity index (χ3v) is 2.52. The maximum absolute atomic E-state index is 12.0. The number of halogens is 4. The first-order chi connectivity index (χ1) is 8.83. The fourth-order valence-electron chi connectivity index (χ4n) is 1.46. The minimum absolute atomic E-state index is 0.233. The van der Waals surface area contributed by atoms with Crippen LogP contribution in [0.5, 0.6) is 0 Å². The van der Waals surface area contributed by atoms with Crippen molar-refractivity contribution in [3.8, 4) is 0 Å². The SMILES string of the molecule is CCNc1ccc(Cl)cc1C(=O)NCCC(F)(F)F. The maximum atomic E-state index is 12.0. The van der Waals surface area contributed by atoms with Gasteiger partial charge in [0, 0.05) is 23.8 Å². The van der Waals surface area contributed by atoms with E-state index in [-0.39, 0.29) is 5.56 Å². The third kappa shape index (κ3) is 5.38. The van der Waals surface area contributed by atoms with Crippen LogP contribution in [0.4, 0.5) is 18.9 Å². The summed E-state index contributed by atoms with van der Waals surface area (Å²) in [6.45, 7) is 1.98. The van der Waals surface area contributed by atoms with E-state index in [0.717, 1.165) is 0 Å². The molecule has 1 rings (SSSR count). The lowest BCUT2D eigenvalue weighted by Gasteiger charge is -2.12. The Bertz CT molecular complexity index is 449. The Kier molecular flexibility index (Phi) is 5.47. The fourth-order valence-corrected chi connectivity index (χ4v) is 1.63. The predicted molar refractivity (Wildman–Crippen MR) is 68.6 cm³/mol. The van der Waals surface area contributed by atoms with Crippen molar-refractivity contribution in [3.05, 3.63) is 28.8 Å². The number of carbonyl (C=O) groups excluding carboxylic acids is 1. The second-order valence-corrected chi connectivity index (χ2v) is 4.28. The van der Waals surface area contributed by atoms with Gasteiger partial charge in [0.2, 0.25) is 0 Å². The van der Waals surface area contributed by atoms with Crippen LogP contribution in [0.2, 0.25) is 5.02 Å². The Hall–Kier alpha value is -1.43. The predicted octanol–water partition coefficient (Wildman–Crippen LogP) is 3.45. The minimum atomic E-state index is -4.29. The molecule has 0 fully saturated rings. The highest BCUT2D eigenvalue weighted by Crippen LogP contribution is 2.21. The van der Waals surface area contributed by atoms with Gasteiger partial charge in [-0.3, -0.25) is 4.79 Å². The van der Waals surface area contributed by atoms with E-state index in [2.05, 4.69) is 10.6 Å². The summed E-state index contributed by atoms with van der Waals surface area (Å²) in [6, 6.07) is 4.64. The Morgan fingerprint density at radius 3 is 2.63 bits per heavy atom. The van der Waals surface area contributed by atoms with Crippen molar-refractivity contribution in [2.45, 2.75) is 19.5 Å². The lowest BCUT2D eigenvalue weighted by Crippen LogP contribution is -2.28. The summed E-state index contributed by atoms with van der Waals surface area (Å²) < 4.78 is 36.0. The first kappa shape index (κ1) is 15.6. The molecule has 2 N–H and O–H groups in total. The highest BCUT2D eigenvalue weighted by molar-refractivity contribution is 6.31. The molecule has 0 aliphatic rings. The smallest absolute Gasteiger partial charge is 0.385 e. The van der Waals surface area contributed by atoms with Gasteiger partial charge in [0.05, 0.1) is 12.0 Å². The average molecular weight is 295 g/mol. The van der Waals surface area contributed by atoms with Crippen LogP contribution >= 0.6 is 11.6 Å². The summed E-state index contributed by atoms with van der Waals surface area (Å²) in [5.74, 6) is -0.581. The van der Waals surface area contributed by atoms with Gasteiger partial charge in [-0.05, 0) is 25.1 Å². The van der Waals surface area contributed by atoms with E-state index >= 15 is 0 Å². The summed E-state index contributed by atoms with van der Waals surface area (Å²) in [5, 5.41) is 5.52. The number of rotatable bonds is 5. The molecule has 19 heavy (non-hydrogen) atoms. The molecule has 0 saturated heterocycles. The molecule has 0 heterocycles. The van der Waals surface area contributed by atoms with Crippen LogP contribution in [-0.2, 0) is 0 Å². The third-order valence-electron chi connectivity index (χ3n) is 2.29. The number of carbonyl (C=O) groups is 1. The summed E-state index contributed by atoms with van der Waals surface area (Å²) >= 11 is 5.78. The van der Waals surface area contributed by atoms with E-state index in [1.54, 1.807) is 12.1 Å². The van der Waals surface area contributed by atoms with E-state index in [9.17, 15) is 18.0 Å². The summed E-state index contributed by atoms with van der Waals surface area (Å²) in [7, 11) is 0. The molecule has 0 spiro atoms. The molecule has 7 heteroatoms. The zero-order valence-electron chi connectivity index (χ0n) is 10.3. The molecular weight excluding hydrogens is 281 g/mol. The van der Waals surface area contributed by atoms with E-state index < -0.39 is 25.0 Å². The zero-order valence-corrected chi connectivity index (χ0v) is 11.0. The molecule has 0 saturated carbocycles. The number of benzene rings is 1. The first-order valence-electron chi connectivity index (χ1n) is 5.72. The van der Waals surface area contributed by atoms with Gasteiger partial charge in [0.15, 0.2) is 0 Å². The second kappa shape index (κ2) is 6.65. The highest BCUT2D eigenvalue weighted by atomic mass is 35.5.